The monoisotopic (exact) mass is 713 g/mol. The van der Waals surface area contributed by atoms with Crippen LogP contribution in [0.5, 0.6) is 0 Å². The first-order chi connectivity index (χ1) is 23.3. The Labute approximate surface area is 301 Å². The van der Waals surface area contributed by atoms with Gasteiger partial charge in [-0.25, -0.2) is 0 Å². The first-order valence-corrected chi connectivity index (χ1v) is 19.8. The zero-order valence-electron chi connectivity index (χ0n) is 28.6. The van der Waals surface area contributed by atoms with E-state index in [0.717, 1.165) is 24.0 Å². The minimum absolute atomic E-state index is 0.0642. The van der Waals surface area contributed by atoms with E-state index in [4.69, 9.17) is 27.6 Å². The number of hydrogen-bond donors (Lipinski definition) is 1. The molecule has 1 amide bonds. The number of amides is 1. The smallest absolute Gasteiger partial charge is 0.304 e. The molecule has 4 aromatic rings. The molecule has 0 spiro atoms. The van der Waals surface area contributed by atoms with E-state index in [1.54, 1.807) is 6.92 Å². The van der Waals surface area contributed by atoms with Gasteiger partial charge >= 0.3 is 5.97 Å². The number of hydrogen-bond acceptors (Lipinski definition) is 3. The van der Waals surface area contributed by atoms with Gasteiger partial charge in [-0.1, -0.05) is 136 Å². The second-order valence-corrected chi connectivity index (χ2v) is 20.2. The van der Waals surface area contributed by atoms with Crippen LogP contribution in [0.25, 0.3) is 0 Å². The number of carboxylic acids is 1. The largest absolute Gasteiger partial charge is 0.481 e. The van der Waals surface area contributed by atoms with Gasteiger partial charge in [0.1, 0.15) is 0 Å². The Morgan fingerprint density at radius 3 is 2.04 bits per heavy atom. The van der Waals surface area contributed by atoms with Gasteiger partial charge in [-0.05, 0) is 76.0 Å². The molecule has 1 saturated heterocycles. The van der Waals surface area contributed by atoms with Crippen LogP contribution in [0.3, 0.4) is 0 Å². The lowest BCUT2D eigenvalue weighted by molar-refractivity contribution is -0.157. The summed E-state index contributed by atoms with van der Waals surface area (Å²) in [4.78, 5) is 28.6. The minimum atomic E-state index is -2.72. The fourth-order valence-electron chi connectivity index (χ4n) is 8.10. The Balaban J connectivity index is 1.33. The van der Waals surface area contributed by atoms with Crippen molar-refractivity contribution in [3.63, 3.8) is 0 Å². The zero-order valence-corrected chi connectivity index (χ0v) is 31.1. The number of halogens is 2. The summed E-state index contributed by atoms with van der Waals surface area (Å²) < 4.78 is 7.42. The van der Waals surface area contributed by atoms with Gasteiger partial charge < -0.3 is 14.4 Å². The third-order valence-corrected chi connectivity index (χ3v) is 16.1. The Morgan fingerprint density at radius 2 is 1.49 bits per heavy atom. The minimum Gasteiger partial charge on any atom is -0.481 e. The fourth-order valence-corrected chi connectivity index (χ4v) is 13.2. The van der Waals surface area contributed by atoms with Crippen molar-refractivity contribution in [1.82, 2.24) is 4.90 Å². The van der Waals surface area contributed by atoms with E-state index in [2.05, 4.69) is 81.4 Å². The molecule has 5 atom stereocenters. The highest BCUT2D eigenvalue weighted by molar-refractivity contribution is 6.99. The van der Waals surface area contributed by atoms with Crippen molar-refractivity contribution in [2.45, 2.75) is 76.5 Å². The number of carboxylic acid groups (broad SMARTS) is 1. The van der Waals surface area contributed by atoms with Gasteiger partial charge in [0.2, 0.25) is 5.91 Å². The number of nitrogens with zero attached hydrogens (tertiary/aromatic N) is 1. The van der Waals surface area contributed by atoms with Crippen molar-refractivity contribution in [3.8, 4) is 0 Å². The summed E-state index contributed by atoms with van der Waals surface area (Å²) in [5.41, 5.74) is 0.882. The number of benzene rings is 4. The highest BCUT2D eigenvalue weighted by Gasteiger charge is 2.56. The zero-order chi connectivity index (χ0) is 35.0. The van der Waals surface area contributed by atoms with Crippen LogP contribution in [0.4, 0.5) is 0 Å². The summed E-state index contributed by atoms with van der Waals surface area (Å²) in [5.74, 6) is -0.993. The molecule has 1 aliphatic heterocycles. The lowest BCUT2D eigenvalue weighted by atomic mass is 9.67. The summed E-state index contributed by atoms with van der Waals surface area (Å²) in [7, 11) is -2.72. The van der Waals surface area contributed by atoms with Crippen LogP contribution in [0.1, 0.15) is 76.5 Å². The number of likely N-dealkylation sites (tertiary alicyclic amines) is 1. The molecule has 6 rings (SSSR count). The maximum atomic E-state index is 14.5. The summed E-state index contributed by atoms with van der Waals surface area (Å²) in [6.45, 7) is 9.17. The normalized spacial score (nSPS) is 24.1. The molecule has 1 heterocycles. The lowest BCUT2D eigenvalue weighted by Crippen LogP contribution is -2.67. The van der Waals surface area contributed by atoms with E-state index >= 15 is 0 Å². The SMILES string of the molecule is CC1(CC(=O)O)CC(c2cccc(Cl)c2)C(c2ccc(Cl)cc2)N(CCC2CC2O[Si](c2ccccc2)(c2ccccc2)C(C)(C)C)C1=O. The van der Waals surface area contributed by atoms with Crippen LogP contribution >= 0.6 is 23.2 Å². The van der Waals surface area contributed by atoms with Crippen LogP contribution in [0.2, 0.25) is 15.1 Å². The second kappa shape index (κ2) is 14.1. The summed E-state index contributed by atoms with van der Waals surface area (Å²) in [6.07, 6.45) is 1.89. The summed E-state index contributed by atoms with van der Waals surface area (Å²) in [6, 6.07) is 36.5. The molecule has 1 saturated carbocycles. The van der Waals surface area contributed by atoms with Crippen LogP contribution < -0.4 is 10.4 Å². The molecule has 0 bridgehead atoms. The van der Waals surface area contributed by atoms with Crippen molar-refractivity contribution in [1.29, 1.82) is 0 Å². The predicted molar refractivity (Wildman–Crippen MR) is 200 cm³/mol. The van der Waals surface area contributed by atoms with Gasteiger partial charge in [-0.3, -0.25) is 9.59 Å². The van der Waals surface area contributed by atoms with E-state index in [1.165, 1.54) is 10.4 Å². The fraction of sp³-hybridized carbons (Fsp3) is 0.366. The molecule has 1 N–H and O–H groups in total. The lowest BCUT2D eigenvalue weighted by Gasteiger charge is -2.49. The van der Waals surface area contributed by atoms with Crippen LogP contribution in [0, 0.1) is 11.3 Å². The van der Waals surface area contributed by atoms with Crippen molar-refractivity contribution in [2.75, 3.05) is 6.54 Å². The highest BCUT2D eigenvalue weighted by Crippen LogP contribution is 2.52. The average molecular weight is 715 g/mol. The molecule has 0 radical (unpaired) electrons. The predicted octanol–water partition coefficient (Wildman–Crippen LogP) is 8.89. The second-order valence-electron chi connectivity index (χ2n) is 15.1. The Morgan fingerprint density at radius 1 is 0.878 bits per heavy atom. The van der Waals surface area contributed by atoms with E-state index in [9.17, 15) is 14.7 Å². The van der Waals surface area contributed by atoms with Gasteiger partial charge in [0.05, 0.1) is 17.9 Å². The molecular formula is C41H45Cl2NO4Si. The molecule has 5 nitrogen and oxygen atoms in total. The summed E-state index contributed by atoms with van der Waals surface area (Å²) in [5, 5.41) is 13.6. The maximum absolute atomic E-state index is 14.5. The van der Waals surface area contributed by atoms with Crippen molar-refractivity contribution in [3.05, 3.63) is 130 Å². The number of carbonyl (C=O) groups is 2. The molecule has 8 heteroatoms. The van der Waals surface area contributed by atoms with E-state index in [1.807, 2.05) is 53.4 Å². The van der Waals surface area contributed by atoms with Gasteiger partial charge in [-0.15, -0.1) is 0 Å². The van der Waals surface area contributed by atoms with Crippen molar-refractivity contribution in [2.24, 2.45) is 11.3 Å². The third-order valence-electron chi connectivity index (χ3n) is 10.5. The highest BCUT2D eigenvalue weighted by atomic mass is 35.5. The molecule has 1 aliphatic carbocycles. The maximum Gasteiger partial charge on any atom is 0.304 e. The number of rotatable bonds is 11. The van der Waals surface area contributed by atoms with Crippen molar-refractivity contribution < 1.29 is 19.1 Å². The summed E-state index contributed by atoms with van der Waals surface area (Å²) >= 11 is 12.8. The molecule has 5 unspecified atom stereocenters. The van der Waals surface area contributed by atoms with E-state index in [-0.39, 0.29) is 41.3 Å². The van der Waals surface area contributed by atoms with Gasteiger partial charge in [0.15, 0.2) is 0 Å². The first kappa shape index (κ1) is 35.4. The molecule has 2 aliphatic rings. The molecule has 256 valence electrons. The third kappa shape index (κ3) is 7.25. The number of aliphatic carboxylic acids is 1. The molecule has 4 aromatic carbocycles. The van der Waals surface area contributed by atoms with Gasteiger partial charge in [0.25, 0.3) is 8.32 Å². The first-order valence-electron chi connectivity index (χ1n) is 17.1. The Bertz CT molecular complexity index is 1740. The number of carbonyl (C=O) groups excluding carboxylic acids is 1. The topological polar surface area (TPSA) is 66.8 Å². The average Bonchev–Trinajstić information content (AvgIpc) is 3.82. The molecule has 49 heavy (non-hydrogen) atoms. The van der Waals surface area contributed by atoms with Gasteiger partial charge in [0, 0.05) is 28.6 Å². The standard InChI is InChI=1S/C41H45Cl2NO4Si/c1-40(2,3)49(33-14-7-5-8-15-33,34-16-9-6-10-17-34)48-36-25-30(36)22-23-44-38(28-18-20-31(42)21-19-28)35(29-12-11-13-32(43)24-29)26-41(4,39(44)47)27-37(45)46/h5-21,24,30,35-36,38H,22-23,25-27H2,1-4H3,(H,45,46). The quantitative estimate of drug-likeness (QED) is 0.158. The Hall–Kier alpha value is -3.42. The molecule has 2 fully saturated rings. The van der Waals surface area contributed by atoms with E-state index < -0.39 is 19.7 Å². The van der Waals surface area contributed by atoms with Crippen LogP contribution in [-0.4, -0.2) is 42.8 Å². The Kier molecular flexibility index (Phi) is 10.2. The van der Waals surface area contributed by atoms with Crippen molar-refractivity contribution >= 4 is 53.8 Å². The van der Waals surface area contributed by atoms with Gasteiger partial charge in [-0.2, -0.15) is 0 Å². The van der Waals surface area contributed by atoms with Crippen LogP contribution in [-0.2, 0) is 14.0 Å². The van der Waals surface area contributed by atoms with E-state index in [0.29, 0.717) is 23.0 Å². The number of piperidine rings is 1. The molecular weight excluding hydrogens is 669 g/mol. The molecule has 0 aromatic heterocycles. The van der Waals surface area contributed by atoms with Crippen LogP contribution in [0.15, 0.2) is 109 Å².